The van der Waals surface area contributed by atoms with Crippen molar-refractivity contribution in [3.05, 3.63) is 64.4 Å². The molecular weight excluding hydrogens is 706 g/mol. The highest BCUT2D eigenvalue weighted by Crippen LogP contribution is 2.44. The van der Waals surface area contributed by atoms with Crippen molar-refractivity contribution < 1.29 is 17.6 Å². The molecule has 26 heavy (non-hydrogen) atoms. The normalized spacial score (nSPS) is 11.0. The van der Waals surface area contributed by atoms with Crippen LogP contribution in [0.4, 0.5) is 17.6 Å². The van der Waals surface area contributed by atoms with Gasteiger partial charge in [-0.25, -0.2) is 17.6 Å². The Labute approximate surface area is 200 Å². The molecule has 0 atom stereocenters. The van der Waals surface area contributed by atoms with Crippen molar-refractivity contribution in [2.45, 2.75) is 9.67 Å². The number of hydrogen-bond acceptors (Lipinski definition) is 0. The van der Waals surface area contributed by atoms with Crippen LogP contribution < -0.4 is 0 Å². The van der Waals surface area contributed by atoms with Crippen LogP contribution in [-0.2, 0) is 0 Å². The molecule has 0 unspecified atom stereocenters. The van der Waals surface area contributed by atoms with E-state index in [4.69, 9.17) is 46.4 Å². The number of halogens is 12. The molecule has 0 fully saturated rings. The van der Waals surface area contributed by atoms with Gasteiger partial charge in [-0.15, -0.1) is 0 Å². The van der Waals surface area contributed by atoms with E-state index in [9.17, 15) is 17.6 Å². The second-order valence-corrected chi connectivity index (χ2v) is 9.85. The summed E-state index contributed by atoms with van der Waals surface area (Å²) in [6, 6.07) is 2.14. The van der Waals surface area contributed by atoms with Gasteiger partial charge in [0, 0.05) is 11.1 Å². The quantitative estimate of drug-likeness (QED) is 0.166. The van der Waals surface area contributed by atoms with Gasteiger partial charge in [0.1, 0.15) is 32.9 Å². The van der Waals surface area contributed by atoms with Gasteiger partial charge in [0.15, 0.2) is 0 Å². The number of alkyl halides is 4. The molecule has 0 saturated heterocycles. The summed E-state index contributed by atoms with van der Waals surface area (Å²) in [4.78, 5) is -2.42. The summed E-state index contributed by atoms with van der Waals surface area (Å²) in [5.74, 6) is -2.56. The van der Waals surface area contributed by atoms with E-state index in [-0.39, 0.29) is 29.0 Å². The first-order valence-corrected chi connectivity index (χ1v) is 11.0. The van der Waals surface area contributed by atoms with Gasteiger partial charge in [0.05, 0.1) is 17.9 Å². The van der Waals surface area contributed by atoms with Crippen LogP contribution in [-0.4, -0.2) is 0 Å². The second-order valence-electron chi connectivity index (χ2n) is 4.37. The van der Waals surface area contributed by atoms with E-state index in [1.807, 2.05) is 0 Å². The maximum Gasteiger partial charge on any atom is 0.145 e. The van der Waals surface area contributed by atoms with Gasteiger partial charge in [0.25, 0.3) is 0 Å². The predicted molar refractivity (Wildman–Crippen MR) is 112 cm³/mol. The molecule has 0 nitrogen and oxygen atoms in total. The van der Waals surface area contributed by atoms with E-state index in [0.717, 1.165) is 12.1 Å². The summed E-state index contributed by atoms with van der Waals surface area (Å²) in [5, 5.41) is 0. The topological polar surface area (TPSA) is 0 Å². The van der Waals surface area contributed by atoms with Gasteiger partial charge in [-0.1, -0.05) is 46.4 Å². The van der Waals surface area contributed by atoms with E-state index in [1.165, 1.54) is 0 Å². The summed E-state index contributed by atoms with van der Waals surface area (Å²) in [6.45, 7) is 0. The first-order valence-electron chi connectivity index (χ1n) is 6.12. The number of hydrogen-bond donors (Lipinski definition) is 0. The summed E-state index contributed by atoms with van der Waals surface area (Å²) in [7, 11) is 0. The van der Waals surface area contributed by atoms with Crippen molar-refractivity contribution in [3.63, 3.8) is 0 Å². The Hall–Kier alpha value is 1.24. The van der Waals surface area contributed by atoms with Gasteiger partial charge < -0.3 is 0 Å². The van der Waals surface area contributed by atoms with Crippen molar-refractivity contribution in [1.29, 1.82) is 0 Å². The molecule has 12 heteroatoms. The lowest BCUT2D eigenvalue weighted by Gasteiger charge is -2.15. The van der Waals surface area contributed by atoms with E-state index in [0.29, 0.717) is 0 Å². The summed E-state index contributed by atoms with van der Waals surface area (Å²) >= 11 is 33.5. The lowest BCUT2D eigenvalue weighted by Crippen LogP contribution is -2.02. The number of benzene rings is 2. The van der Waals surface area contributed by atoms with Gasteiger partial charge in [-0.3, -0.25) is 0 Å². The summed E-state index contributed by atoms with van der Waals surface area (Å²) in [5.41, 5.74) is -0.407. The third-order valence-electron chi connectivity index (χ3n) is 2.73. The zero-order valence-corrected chi connectivity index (χ0v) is 21.2. The standard InChI is InChI=1S/C8H2Br2Cl4F2.C6H2Br2F2/c9-3-1(7(11)12)5(15)4(10)2(6(3)16)8(13)14;7-3-1-5(9)4(8)2-6(3)10/h7-8H;1-2H. The molecule has 0 bridgehead atoms. The SMILES string of the molecule is Fc1c(Br)c(C(Cl)Cl)c(F)c(Br)c1C(Cl)Cl.Fc1cc(Br)c(F)cc1Br. The van der Waals surface area contributed by atoms with Crippen LogP contribution in [0.3, 0.4) is 0 Å². The minimum absolute atomic E-state index is 0.133. The Morgan fingerprint density at radius 2 is 0.885 bits per heavy atom. The Morgan fingerprint density at radius 3 is 1.12 bits per heavy atom. The van der Waals surface area contributed by atoms with Crippen molar-refractivity contribution in [2.24, 2.45) is 0 Å². The third kappa shape index (κ3) is 6.12. The molecular formula is C14H4Br4Cl4F4. The smallest absolute Gasteiger partial charge is 0.145 e. The highest BCUT2D eigenvalue weighted by atomic mass is 79.9. The molecule has 0 amide bonds. The van der Waals surface area contributed by atoms with E-state index >= 15 is 0 Å². The molecule has 144 valence electrons. The monoisotopic (exact) mass is 704 g/mol. The van der Waals surface area contributed by atoms with Crippen LogP contribution >= 0.6 is 110 Å². The van der Waals surface area contributed by atoms with Crippen LogP contribution in [0.2, 0.25) is 0 Å². The Bertz CT molecular complexity index is 700. The van der Waals surface area contributed by atoms with E-state index < -0.39 is 32.9 Å². The van der Waals surface area contributed by atoms with Crippen molar-refractivity contribution in [2.75, 3.05) is 0 Å². The van der Waals surface area contributed by atoms with Crippen LogP contribution in [0.15, 0.2) is 30.0 Å². The Kier molecular flexibility index (Phi) is 10.6. The van der Waals surface area contributed by atoms with Crippen molar-refractivity contribution in [3.8, 4) is 0 Å². The van der Waals surface area contributed by atoms with Gasteiger partial charge in [0.2, 0.25) is 0 Å². The lowest BCUT2D eigenvalue weighted by molar-refractivity contribution is 0.568. The fourth-order valence-corrected chi connectivity index (χ4v) is 4.76. The van der Waals surface area contributed by atoms with Crippen molar-refractivity contribution in [1.82, 2.24) is 0 Å². The Balaban J connectivity index is 0.000000289. The fraction of sp³-hybridized carbons (Fsp3) is 0.143. The maximum absolute atomic E-state index is 13.8. The zero-order valence-electron chi connectivity index (χ0n) is 11.8. The molecule has 2 aromatic rings. The largest absolute Gasteiger partial charge is 0.206 e. The fourth-order valence-electron chi connectivity index (χ4n) is 1.55. The van der Waals surface area contributed by atoms with E-state index in [2.05, 4.69) is 63.7 Å². The molecule has 2 rings (SSSR count). The van der Waals surface area contributed by atoms with Gasteiger partial charge in [-0.2, -0.15) is 0 Å². The molecule has 2 aromatic carbocycles. The average Bonchev–Trinajstić information content (AvgIpc) is 2.51. The van der Waals surface area contributed by atoms with Crippen LogP contribution in [0.1, 0.15) is 20.8 Å². The van der Waals surface area contributed by atoms with Crippen LogP contribution in [0, 0.1) is 23.3 Å². The highest BCUT2D eigenvalue weighted by molar-refractivity contribution is 9.11. The van der Waals surface area contributed by atoms with Crippen molar-refractivity contribution >= 4 is 110 Å². The molecule has 0 radical (unpaired) electrons. The highest BCUT2D eigenvalue weighted by Gasteiger charge is 2.27. The molecule has 0 aliphatic heterocycles. The first-order chi connectivity index (χ1) is 11.9. The molecule has 0 N–H and O–H groups in total. The van der Waals surface area contributed by atoms with Gasteiger partial charge in [-0.05, 0) is 75.9 Å². The average molecular weight is 710 g/mol. The molecule has 0 heterocycles. The maximum atomic E-state index is 13.8. The summed E-state index contributed by atoms with van der Waals surface area (Å²) in [6.07, 6.45) is 0. The van der Waals surface area contributed by atoms with Crippen LogP contribution in [0.25, 0.3) is 0 Å². The summed E-state index contributed by atoms with van der Waals surface area (Å²) < 4.78 is 52.5. The Morgan fingerprint density at radius 1 is 0.615 bits per heavy atom. The van der Waals surface area contributed by atoms with E-state index in [1.54, 1.807) is 0 Å². The first kappa shape index (κ1) is 25.3. The van der Waals surface area contributed by atoms with Gasteiger partial charge >= 0.3 is 0 Å². The molecule has 0 aromatic heterocycles. The third-order valence-corrected chi connectivity index (χ3v) is 6.37. The molecule has 0 aliphatic rings. The van der Waals surface area contributed by atoms with Crippen LogP contribution in [0.5, 0.6) is 0 Å². The minimum atomic E-state index is -1.21. The molecule has 0 aliphatic carbocycles. The number of rotatable bonds is 2. The molecule has 0 saturated carbocycles. The predicted octanol–water partition coefficient (Wildman–Crippen LogP) is 9.93. The lowest BCUT2D eigenvalue weighted by atomic mass is 10.1. The molecule has 0 spiro atoms. The second kappa shape index (κ2) is 10.9. The zero-order chi connectivity index (χ0) is 20.3. The minimum Gasteiger partial charge on any atom is -0.206 e.